The molecule has 0 atom stereocenters. The second kappa shape index (κ2) is 5.13. The van der Waals surface area contributed by atoms with Gasteiger partial charge in [-0.3, -0.25) is 0 Å². The van der Waals surface area contributed by atoms with E-state index < -0.39 is 0 Å². The van der Waals surface area contributed by atoms with Crippen molar-refractivity contribution in [1.82, 2.24) is 9.97 Å². The number of rotatable bonds is 2. The van der Waals surface area contributed by atoms with Crippen molar-refractivity contribution in [2.45, 2.75) is 6.42 Å². The first-order valence-electron chi connectivity index (χ1n) is 4.57. The van der Waals surface area contributed by atoms with Crippen molar-refractivity contribution in [3.05, 3.63) is 56.5 Å². The van der Waals surface area contributed by atoms with Gasteiger partial charge in [0.2, 0.25) is 0 Å². The summed E-state index contributed by atoms with van der Waals surface area (Å²) in [6.07, 6.45) is 0.611. The monoisotopic (exact) mass is 316 g/mol. The Morgan fingerprint density at radius 1 is 1.06 bits per heavy atom. The molecule has 0 saturated carbocycles. The summed E-state index contributed by atoms with van der Waals surface area (Å²) < 4.78 is 1.03. The molecule has 0 fully saturated rings. The quantitative estimate of drug-likeness (QED) is 0.778. The smallest absolute Gasteiger partial charge is 0.136 e. The average Bonchev–Trinajstić information content (AvgIpc) is 2.15. The van der Waals surface area contributed by atoms with E-state index in [9.17, 15) is 0 Å². The molecule has 2 nitrogen and oxygen atoms in total. The van der Waals surface area contributed by atoms with Crippen molar-refractivity contribution < 1.29 is 0 Å². The predicted molar refractivity (Wildman–Crippen MR) is 69.0 cm³/mol. The lowest BCUT2D eigenvalue weighted by Crippen LogP contribution is -1.97. The van der Waals surface area contributed by atoms with Crippen LogP contribution >= 0.6 is 39.1 Å². The van der Waals surface area contributed by atoms with Gasteiger partial charge >= 0.3 is 0 Å². The average molecular weight is 318 g/mol. The molecule has 16 heavy (non-hydrogen) atoms. The van der Waals surface area contributed by atoms with E-state index in [1.54, 1.807) is 0 Å². The molecule has 0 N–H and O–H groups in total. The fraction of sp³-hybridized carbons (Fsp3) is 0.0909. The minimum atomic E-state index is 0.366. The fourth-order valence-electron chi connectivity index (χ4n) is 1.34. The third-order valence-electron chi connectivity index (χ3n) is 1.96. The molecule has 2 aromatic rings. The molecule has 0 amide bonds. The van der Waals surface area contributed by atoms with E-state index in [-0.39, 0.29) is 0 Å². The number of halogens is 3. The zero-order valence-electron chi connectivity index (χ0n) is 8.12. The van der Waals surface area contributed by atoms with Gasteiger partial charge in [-0.15, -0.1) is 0 Å². The molecular weight excluding hydrogens is 311 g/mol. The summed E-state index contributed by atoms with van der Waals surface area (Å²) in [7, 11) is 0. The first-order chi connectivity index (χ1) is 7.63. The second-order valence-electron chi connectivity index (χ2n) is 3.24. The summed E-state index contributed by atoms with van der Waals surface area (Å²) in [5.74, 6) is 0.621. The molecule has 1 aromatic carbocycles. The standard InChI is InChI=1S/C11H7BrCl2N2/c12-8-3-1-2-7(4-8)5-11-15-9(13)6-10(14)16-11/h1-4,6H,5H2. The second-order valence-corrected chi connectivity index (χ2v) is 4.93. The van der Waals surface area contributed by atoms with E-state index in [1.807, 2.05) is 24.3 Å². The van der Waals surface area contributed by atoms with E-state index in [0.29, 0.717) is 22.6 Å². The summed E-state index contributed by atoms with van der Waals surface area (Å²) in [5.41, 5.74) is 1.10. The zero-order valence-corrected chi connectivity index (χ0v) is 11.2. The van der Waals surface area contributed by atoms with Gasteiger partial charge in [0, 0.05) is 17.0 Å². The Labute approximate surface area is 112 Å². The van der Waals surface area contributed by atoms with Crippen molar-refractivity contribution in [2.75, 3.05) is 0 Å². The third kappa shape index (κ3) is 3.17. The summed E-state index contributed by atoms with van der Waals surface area (Å²) in [4.78, 5) is 8.23. The summed E-state index contributed by atoms with van der Waals surface area (Å²) in [6, 6.07) is 9.47. The molecule has 0 saturated heterocycles. The molecule has 0 radical (unpaired) electrons. The van der Waals surface area contributed by atoms with Crippen LogP contribution in [0.5, 0.6) is 0 Å². The van der Waals surface area contributed by atoms with Crippen molar-refractivity contribution in [1.29, 1.82) is 0 Å². The van der Waals surface area contributed by atoms with Crippen LogP contribution in [0.3, 0.4) is 0 Å². The van der Waals surface area contributed by atoms with E-state index in [4.69, 9.17) is 23.2 Å². The van der Waals surface area contributed by atoms with Crippen LogP contribution in [-0.2, 0) is 6.42 Å². The van der Waals surface area contributed by atoms with E-state index in [1.165, 1.54) is 6.07 Å². The van der Waals surface area contributed by atoms with Gasteiger partial charge in [0.15, 0.2) is 0 Å². The lowest BCUT2D eigenvalue weighted by atomic mass is 10.1. The Morgan fingerprint density at radius 3 is 2.38 bits per heavy atom. The molecule has 5 heteroatoms. The van der Waals surface area contributed by atoms with Gasteiger partial charge in [-0.05, 0) is 17.7 Å². The van der Waals surface area contributed by atoms with Gasteiger partial charge in [-0.25, -0.2) is 9.97 Å². The molecule has 0 aliphatic carbocycles. The lowest BCUT2D eigenvalue weighted by molar-refractivity contribution is 0.968. The Hall–Kier alpha value is -0.640. The molecule has 2 rings (SSSR count). The molecule has 0 aliphatic heterocycles. The van der Waals surface area contributed by atoms with Crippen LogP contribution in [0.4, 0.5) is 0 Å². The van der Waals surface area contributed by atoms with Crippen LogP contribution in [-0.4, -0.2) is 9.97 Å². The van der Waals surface area contributed by atoms with Crippen molar-refractivity contribution in [2.24, 2.45) is 0 Å². The molecule has 0 bridgehead atoms. The zero-order chi connectivity index (χ0) is 11.5. The normalized spacial score (nSPS) is 10.4. The Morgan fingerprint density at radius 2 is 1.75 bits per heavy atom. The van der Waals surface area contributed by atoms with E-state index in [2.05, 4.69) is 25.9 Å². The maximum atomic E-state index is 5.80. The molecule has 1 heterocycles. The molecule has 0 spiro atoms. The largest absolute Gasteiger partial charge is 0.221 e. The van der Waals surface area contributed by atoms with Crippen molar-refractivity contribution in [3.63, 3.8) is 0 Å². The fourth-order valence-corrected chi connectivity index (χ4v) is 2.25. The van der Waals surface area contributed by atoms with Gasteiger partial charge < -0.3 is 0 Å². The minimum Gasteiger partial charge on any atom is -0.221 e. The topological polar surface area (TPSA) is 25.8 Å². The molecular formula is C11H7BrCl2N2. The molecule has 82 valence electrons. The number of hydrogen-bond donors (Lipinski definition) is 0. The van der Waals surface area contributed by atoms with Gasteiger partial charge in [-0.1, -0.05) is 51.3 Å². The van der Waals surface area contributed by atoms with Crippen LogP contribution in [0.1, 0.15) is 11.4 Å². The van der Waals surface area contributed by atoms with E-state index >= 15 is 0 Å². The third-order valence-corrected chi connectivity index (χ3v) is 2.84. The maximum absolute atomic E-state index is 5.80. The highest BCUT2D eigenvalue weighted by molar-refractivity contribution is 9.10. The Balaban J connectivity index is 2.27. The predicted octanol–water partition coefficient (Wildman–Crippen LogP) is 4.14. The number of benzene rings is 1. The van der Waals surface area contributed by atoms with Crippen LogP contribution in [0.15, 0.2) is 34.8 Å². The maximum Gasteiger partial charge on any atom is 0.136 e. The highest BCUT2D eigenvalue weighted by Crippen LogP contribution is 2.16. The lowest BCUT2D eigenvalue weighted by Gasteiger charge is -2.02. The van der Waals surface area contributed by atoms with Gasteiger partial charge in [-0.2, -0.15) is 0 Å². The SMILES string of the molecule is Clc1cc(Cl)nc(Cc2cccc(Br)c2)n1. The van der Waals surface area contributed by atoms with Crippen LogP contribution < -0.4 is 0 Å². The number of aromatic nitrogens is 2. The summed E-state index contributed by atoms with van der Waals surface area (Å²) in [5, 5.41) is 0.731. The van der Waals surface area contributed by atoms with Gasteiger partial charge in [0.05, 0.1) is 0 Å². The first kappa shape index (κ1) is 11.8. The Bertz CT molecular complexity index is 497. The number of nitrogens with zero attached hydrogens (tertiary/aromatic N) is 2. The van der Waals surface area contributed by atoms with Crippen LogP contribution in [0, 0.1) is 0 Å². The van der Waals surface area contributed by atoms with Crippen LogP contribution in [0.25, 0.3) is 0 Å². The Kier molecular flexibility index (Phi) is 3.79. The summed E-state index contributed by atoms with van der Waals surface area (Å²) in [6.45, 7) is 0. The highest BCUT2D eigenvalue weighted by atomic mass is 79.9. The van der Waals surface area contributed by atoms with Crippen molar-refractivity contribution in [3.8, 4) is 0 Å². The molecule has 0 unspecified atom stereocenters. The first-order valence-corrected chi connectivity index (χ1v) is 6.12. The van der Waals surface area contributed by atoms with Crippen LogP contribution in [0.2, 0.25) is 10.3 Å². The molecule has 0 aliphatic rings. The summed E-state index contributed by atoms with van der Waals surface area (Å²) >= 11 is 15.0. The van der Waals surface area contributed by atoms with Crippen molar-refractivity contribution >= 4 is 39.1 Å². The highest BCUT2D eigenvalue weighted by Gasteiger charge is 2.03. The van der Waals surface area contributed by atoms with E-state index in [0.717, 1.165) is 10.0 Å². The minimum absolute atomic E-state index is 0.366. The van der Waals surface area contributed by atoms with Gasteiger partial charge in [0.25, 0.3) is 0 Å². The van der Waals surface area contributed by atoms with Gasteiger partial charge in [0.1, 0.15) is 16.1 Å². The number of hydrogen-bond acceptors (Lipinski definition) is 2. The molecule has 1 aromatic heterocycles.